The molecule has 0 saturated carbocycles. The van der Waals surface area contributed by atoms with Crippen LogP contribution in [0.3, 0.4) is 0 Å². The molecule has 0 atom stereocenters. The SMILES string of the molecule is Cc1[nH]c(C(=O)N2CCC(CC(=O)NCc3ccc(Cl)cc3)CC2)c(C)c1C. The first kappa shape index (κ1) is 20.5. The van der Waals surface area contributed by atoms with E-state index in [1.807, 2.05) is 49.9 Å². The minimum Gasteiger partial charge on any atom is -0.354 e. The second kappa shape index (κ2) is 8.82. The average Bonchev–Trinajstić information content (AvgIpc) is 2.95. The lowest BCUT2D eigenvalue weighted by molar-refractivity contribution is -0.122. The third-order valence-electron chi connectivity index (χ3n) is 5.81. The molecule has 1 fully saturated rings. The third kappa shape index (κ3) is 4.76. The maximum absolute atomic E-state index is 12.8. The van der Waals surface area contributed by atoms with Gasteiger partial charge in [0.2, 0.25) is 5.91 Å². The van der Waals surface area contributed by atoms with E-state index in [0.717, 1.165) is 35.2 Å². The summed E-state index contributed by atoms with van der Waals surface area (Å²) < 4.78 is 0. The van der Waals surface area contributed by atoms with Crippen molar-refractivity contribution in [3.05, 3.63) is 57.4 Å². The molecule has 0 radical (unpaired) electrons. The summed E-state index contributed by atoms with van der Waals surface area (Å²) in [6.45, 7) is 7.93. The van der Waals surface area contributed by atoms with E-state index in [1.54, 1.807) is 0 Å². The number of hydrogen-bond donors (Lipinski definition) is 2. The van der Waals surface area contributed by atoms with Crippen molar-refractivity contribution >= 4 is 23.4 Å². The van der Waals surface area contributed by atoms with Crippen molar-refractivity contribution in [1.29, 1.82) is 0 Å². The van der Waals surface area contributed by atoms with Gasteiger partial charge in [-0.05, 0) is 68.4 Å². The number of aromatic amines is 1. The van der Waals surface area contributed by atoms with Gasteiger partial charge in [-0.15, -0.1) is 0 Å². The summed E-state index contributed by atoms with van der Waals surface area (Å²) in [4.78, 5) is 30.2. The lowest BCUT2D eigenvalue weighted by Crippen LogP contribution is -2.40. The van der Waals surface area contributed by atoms with Gasteiger partial charge in [0, 0.05) is 36.8 Å². The van der Waals surface area contributed by atoms with E-state index in [0.29, 0.717) is 42.7 Å². The lowest BCUT2D eigenvalue weighted by Gasteiger charge is -2.31. The summed E-state index contributed by atoms with van der Waals surface area (Å²) in [6, 6.07) is 7.48. The minimum atomic E-state index is 0.0613. The number of rotatable bonds is 5. The van der Waals surface area contributed by atoms with Crippen LogP contribution in [0.25, 0.3) is 0 Å². The highest BCUT2D eigenvalue weighted by Crippen LogP contribution is 2.24. The Balaban J connectivity index is 1.45. The zero-order valence-electron chi connectivity index (χ0n) is 16.8. The Morgan fingerprint density at radius 1 is 1.11 bits per heavy atom. The summed E-state index contributed by atoms with van der Waals surface area (Å²) in [7, 11) is 0. The molecule has 0 unspecified atom stereocenters. The van der Waals surface area contributed by atoms with Crippen LogP contribution in [0.4, 0.5) is 0 Å². The number of likely N-dealkylation sites (tertiary alicyclic amines) is 1. The minimum absolute atomic E-state index is 0.0613. The zero-order valence-corrected chi connectivity index (χ0v) is 17.5. The van der Waals surface area contributed by atoms with Crippen molar-refractivity contribution in [3.8, 4) is 0 Å². The average molecular weight is 402 g/mol. The van der Waals surface area contributed by atoms with Crippen LogP contribution in [0, 0.1) is 26.7 Å². The summed E-state index contributed by atoms with van der Waals surface area (Å²) in [6.07, 6.45) is 2.23. The summed E-state index contributed by atoms with van der Waals surface area (Å²) >= 11 is 5.88. The van der Waals surface area contributed by atoms with E-state index in [1.165, 1.54) is 0 Å². The lowest BCUT2D eigenvalue weighted by atomic mass is 9.93. The predicted molar refractivity (Wildman–Crippen MR) is 112 cm³/mol. The van der Waals surface area contributed by atoms with E-state index >= 15 is 0 Å². The highest BCUT2D eigenvalue weighted by Gasteiger charge is 2.27. The van der Waals surface area contributed by atoms with Crippen LogP contribution < -0.4 is 5.32 Å². The van der Waals surface area contributed by atoms with E-state index in [9.17, 15) is 9.59 Å². The van der Waals surface area contributed by atoms with Gasteiger partial charge in [0.1, 0.15) is 5.69 Å². The highest BCUT2D eigenvalue weighted by atomic mass is 35.5. The molecular weight excluding hydrogens is 374 g/mol. The Hall–Kier alpha value is -2.27. The number of nitrogens with zero attached hydrogens (tertiary/aromatic N) is 1. The molecule has 2 N–H and O–H groups in total. The number of amides is 2. The molecule has 3 rings (SSSR count). The van der Waals surface area contributed by atoms with E-state index in [4.69, 9.17) is 11.6 Å². The Labute approximate surface area is 171 Å². The first-order valence-electron chi connectivity index (χ1n) is 9.81. The molecule has 2 aromatic rings. The smallest absolute Gasteiger partial charge is 0.270 e. The summed E-state index contributed by atoms with van der Waals surface area (Å²) in [5.74, 6) is 0.452. The fraction of sp³-hybridized carbons (Fsp3) is 0.455. The maximum atomic E-state index is 12.8. The number of aromatic nitrogens is 1. The number of aryl methyl sites for hydroxylation is 1. The molecule has 2 heterocycles. The number of hydrogen-bond acceptors (Lipinski definition) is 2. The number of carbonyl (C=O) groups excluding carboxylic acids is 2. The molecule has 1 aliphatic rings. The van der Waals surface area contributed by atoms with Crippen LogP contribution in [-0.2, 0) is 11.3 Å². The standard InChI is InChI=1S/C22H28ClN3O2/c1-14-15(2)21(25-16(14)3)22(28)26-10-8-17(9-11-26)12-20(27)24-13-18-4-6-19(23)7-5-18/h4-7,17,25H,8-13H2,1-3H3,(H,24,27). The van der Waals surface area contributed by atoms with Gasteiger partial charge in [-0.2, -0.15) is 0 Å². The van der Waals surface area contributed by atoms with Gasteiger partial charge in [-0.3, -0.25) is 9.59 Å². The van der Waals surface area contributed by atoms with Crippen molar-refractivity contribution in [2.45, 2.75) is 46.6 Å². The van der Waals surface area contributed by atoms with Crippen molar-refractivity contribution in [3.63, 3.8) is 0 Å². The molecule has 1 aromatic carbocycles. The van der Waals surface area contributed by atoms with Crippen LogP contribution >= 0.6 is 11.6 Å². The van der Waals surface area contributed by atoms with Crippen molar-refractivity contribution in [2.75, 3.05) is 13.1 Å². The van der Waals surface area contributed by atoms with Crippen molar-refractivity contribution in [2.24, 2.45) is 5.92 Å². The third-order valence-corrected chi connectivity index (χ3v) is 6.06. The van der Waals surface area contributed by atoms with Crippen LogP contribution in [0.15, 0.2) is 24.3 Å². The molecule has 1 aliphatic heterocycles. The number of piperidine rings is 1. The Morgan fingerprint density at radius 2 is 1.75 bits per heavy atom. The topological polar surface area (TPSA) is 65.2 Å². The number of nitrogens with one attached hydrogen (secondary N) is 2. The summed E-state index contributed by atoms with van der Waals surface area (Å²) in [5, 5.41) is 3.67. The van der Waals surface area contributed by atoms with E-state index in [2.05, 4.69) is 10.3 Å². The molecule has 1 saturated heterocycles. The molecular formula is C22H28ClN3O2. The largest absolute Gasteiger partial charge is 0.354 e. The quantitative estimate of drug-likeness (QED) is 0.790. The molecule has 0 aliphatic carbocycles. The molecule has 2 amide bonds. The van der Waals surface area contributed by atoms with E-state index in [-0.39, 0.29) is 11.8 Å². The summed E-state index contributed by atoms with van der Waals surface area (Å²) in [5.41, 5.74) is 4.97. The first-order chi connectivity index (χ1) is 13.3. The van der Waals surface area contributed by atoms with Crippen molar-refractivity contribution in [1.82, 2.24) is 15.2 Å². The zero-order chi connectivity index (χ0) is 20.3. The Bertz CT molecular complexity index is 849. The van der Waals surface area contributed by atoms with Gasteiger partial charge in [-0.25, -0.2) is 0 Å². The Kier molecular flexibility index (Phi) is 6.45. The second-order valence-corrected chi connectivity index (χ2v) is 8.15. The molecule has 0 spiro atoms. The predicted octanol–water partition coefficient (Wildman–Crippen LogP) is 4.15. The van der Waals surface area contributed by atoms with Gasteiger partial charge in [0.25, 0.3) is 5.91 Å². The van der Waals surface area contributed by atoms with E-state index < -0.39 is 0 Å². The maximum Gasteiger partial charge on any atom is 0.270 e. The monoisotopic (exact) mass is 401 g/mol. The fourth-order valence-electron chi connectivity index (χ4n) is 3.69. The van der Waals surface area contributed by atoms with Crippen LogP contribution in [0.5, 0.6) is 0 Å². The second-order valence-electron chi connectivity index (χ2n) is 7.72. The van der Waals surface area contributed by atoms with Gasteiger partial charge in [-0.1, -0.05) is 23.7 Å². The van der Waals surface area contributed by atoms with Gasteiger partial charge < -0.3 is 15.2 Å². The number of H-pyrrole nitrogens is 1. The molecule has 6 heteroatoms. The van der Waals surface area contributed by atoms with Crippen LogP contribution in [-0.4, -0.2) is 34.8 Å². The molecule has 1 aromatic heterocycles. The fourth-order valence-corrected chi connectivity index (χ4v) is 3.82. The normalized spacial score (nSPS) is 14.9. The van der Waals surface area contributed by atoms with Gasteiger partial charge in [0.15, 0.2) is 0 Å². The highest BCUT2D eigenvalue weighted by molar-refractivity contribution is 6.30. The number of carbonyl (C=O) groups is 2. The van der Waals surface area contributed by atoms with Gasteiger partial charge in [0.05, 0.1) is 0 Å². The first-order valence-corrected chi connectivity index (χ1v) is 10.2. The molecule has 28 heavy (non-hydrogen) atoms. The molecule has 5 nitrogen and oxygen atoms in total. The van der Waals surface area contributed by atoms with Crippen molar-refractivity contribution < 1.29 is 9.59 Å². The molecule has 0 bridgehead atoms. The van der Waals surface area contributed by atoms with Crippen LogP contribution in [0.1, 0.15) is 52.1 Å². The Morgan fingerprint density at radius 3 is 2.32 bits per heavy atom. The number of halogens is 1. The molecule has 150 valence electrons. The van der Waals surface area contributed by atoms with Crippen LogP contribution in [0.2, 0.25) is 5.02 Å². The number of benzene rings is 1. The van der Waals surface area contributed by atoms with Gasteiger partial charge >= 0.3 is 0 Å².